The monoisotopic (exact) mass is 969 g/mol. The Kier molecular flexibility index (Phi) is 11.2. The van der Waals surface area contributed by atoms with E-state index in [0.717, 1.165) is 67.9 Å². The summed E-state index contributed by atoms with van der Waals surface area (Å²) in [6.45, 7) is 13.3. The van der Waals surface area contributed by atoms with Gasteiger partial charge in [-0.05, 0) is 215 Å². The molecule has 0 radical (unpaired) electrons. The molecule has 0 atom stereocenters. The van der Waals surface area contributed by atoms with E-state index in [0.29, 0.717) is 0 Å². The molecule has 12 rings (SSSR count). The van der Waals surface area contributed by atoms with Crippen LogP contribution in [0.4, 0.5) is 64.4 Å². The smallest absolute Gasteiger partial charge is 0.123 e. The van der Waals surface area contributed by atoms with Gasteiger partial charge in [0, 0.05) is 62.0 Å². The zero-order valence-corrected chi connectivity index (χ0v) is 42.3. The molecular weight excluding hydrogens is 916 g/mol. The minimum absolute atomic E-state index is 0.184. The molecule has 0 amide bonds. The number of fused-ring (bicyclic) bond motifs is 6. The predicted octanol–water partition coefficient (Wildman–Crippen LogP) is 19.4. The van der Waals surface area contributed by atoms with Gasteiger partial charge in [0.25, 0.3) is 0 Å². The number of hydrogen-bond donors (Lipinski definition) is 0. The lowest BCUT2D eigenvalue weighted by Crippen LogP contribution is -2.17. The van der Waals surface area contributed by atoms with E-state index in [2.05, 4.69) is 202 Å². The van der Waals surface area contributed by atoms with Crippen LogP contribution in [-0.2, 0) is 10.8 Å². The number of aryl methyl sites for hydroxylation is 2. The Labute approximate surface area is 432 Å². The van der Waals surface area contributed by atoms with E-state index in [1.54, 1.807) is 0 Å². The van der Waals surface area contributed by atoms with Crippen LogP contribution >= 0.6 is 0 Å². The summed E-state index contributed by atoms with van der Waals surface area (Å²) in [4.78, 5) is 6.56. The maximum absolute atomic E-state index is 14.5. The molecule has 0 saturated carbocycles. The Balaban J connectivity index is 0.865. The lowest BCUT2D eigenvalue weighted by atomic mass is 9.82. The third-order valence-electron chi connectivity index (χ3n) is 15.4. The van der Waals surface area contributed by atoms with Crippen LogP contribution in [-0.4, -0.2) is 0 Å². The molecule has 74 heavy (non-hydrogen) atoms. The van der Waals surface area contributed by atoms with Crippen LogP contribution in [0.3, 0.4) is 0 Å². The SMILES string of the molecule is Cc1ccc(N(c2ccc(F)cc2)c2ccc3c(c2)C(C)(C)c2cc(N(c4ccc(F)cc4)c4ccc(-c5ccc(N(c6ccc(F)cc6)c6ccc7c(c6)C(C)(C)c6cc(C)ccc6-7)cc5)cc4)ccc2-3)cc1. The Hall–Kier alpha value is -8.61. The van der Waals surface area contributed by atoms with Crippen LogP contribution in [0, 0.1) is 31.3 Å². The first-order valence-electron chi connectivity index (χ1n) is 25.2. The maximum Gasteiger partial charge on any atom is 0.123 e. The van der Waals surface area contributed by atoms with Gasteiger partial charge in [-0.1, -0.05) is 112 Å². The second-order valence-electron chi connectivity index (χ2n) is 20.9. The fraction of sp³-hybridized carbons (Fsp3) is 0.118. The molecule has 0 N–H and O–H groups in total. The van der Waals surface area contributed by atoms with E-state index in [-0.39, 0.29) is 28.3 Å². The highest BCUT2D eigenvalue weighted by atomic mass is 19.1. The average Bonchev–Trinajstić information content (AvgIpc) is 3.78. The molecule has 10 aromatic carbocycles. The Morgan fingerprint density at radius 3 is 0.797 bits per heavy atom. The molecule has 362 valence electrons. The van der Waals surface area contributed by atoms with Crippen molar-refractivity contribution in [3.63, 3.8) is 0 Å². The summed E-state index contributed by atoms with van der Waals surface area (Å²) in [5, 5.41) is 0. The molecule has 10 aromatic rings. The summed E-state index contributed by atoms with van der Waals surface area (Å²) in [5.41, 5.74) is 22.2. The average molecular weight is 970 g/mol. The van der Waals surface area contributed by atoms with Gasteiger partial charge in [0.1, 0.15) is 17.5 Å². The van der Waals surface area contributed by atoms with Gasteiger partial charge < -0.3 is 14.7 Å². The molecule has 0 unspecified atom stereocenters. The van der Waals surface area contributed by atoms with Crippen molar-refractivity contribution in [2.45, 2.75) is 52.4 Å². The number of benzene rings is 10. The molecule has 2 aliphatic carbocycles. The second kappa shape index (κ2) is 17.9. The number of rotatable bonds is 10. The van der Waals surface area contributed by atoms with Gasteiger partial charge in [-0.2, -0.15) is 0 Å². The van der Waals surface area contributed by atoms with E-state index in [9.17, 15) is 13.2 Å². The first kappa shape index (κ1) is 46.5. The number of nitrogens with zero attached hydrogens (tertiary/aromatic N) is 3. The van der Waals surface area contributed by atoms with Gasteiger partial charge in [-0.3, -0.25) is 0 Å². The van der Waals surface area contributed by atoms with Crippen molar-refractivity contribution in [2.75, 3.05) is 14.7 Å². The first-order valence-corrected chi connectivity index (χ1v) is 25.2. The first-order chi connectivity index (χ1) is 35.7. The fourth-order valence-corrected chi connectivity index (χ4v) is 11.4. The molecule has 0 spiro atoms. The Morgan fingerprint density at radius 1 is 0.257 bits per heavy atom. The third-order valence-corrected chi connectivity index (χ3v) is 15.4. The van der Waals surface area contributed by atoms with Crippen LogP contribution in [0.2, 0.25) is 0 Å². The summed E-state index contributed by atoms with van der Waals surface area (Å²) < 4.78 is 43.1. The number of anilines is 9. The summed E-state index contributed by atoms with van der Waals surface area (Å²) in [6.07, 6.45) is 0. The van der Waals surface area contributed by atoms with Crippen molar-refractivity contribution in [3.8, 4) is 33.4 Å². The second-order valence-corrected chi connectivity index (χ2v) is 20.9. The van der Waals surface area contributed by atoms with Gasteiger partial charge in [0.15, 0.2) is 0 Å². The van der Waals surface area contributed by atoms with Crippen LogP contribution in [0.5, 0.6) is 0 Å². The van der Waals surface area contributed by atoms with Gasteiger partial charge in [0.05, 0.1) is 0 Å². The van der Waals surface area contributed by atoms with Crippen LogP contribution < -0.4 is 14.7 Å². The molecular formula is C68H54F3N3. The minimum Gasteiger partial charge on any atom is -0.310 e. The topological polar surface area (TPSA) is 9.72 Å². The largest absolute Gasteiger partial charge is 0.310 e. The normalized spacial score (nSPS) is 13.4. The van der Waals surface area contributed by atoms with Crippen molar-refractivity contribution in [1.29, 1.82) is 0 Å². The van der Waals surface area contributed by atoms with Gasteiger partial charge in [-0.25, -0.2) is 13.2 Å². The lowest BCUT2D eigenvalue weighted by molar-refractivity contribution is 0.627. The van der Waals surface area contributed by atoms with Gasteiger partial charge in [0.2, 0.25) is 0 Å². The summed E-state index contributed by atoms with van der Waals surface area (Å²) >= 11 is 0. The minimum atomic E-state index is -0.378. The Bertz CT molecular complexity index is 3700. The van der Waals surface area contributed by atoms with Crippen molar-refractivity contribution < 1.29 is 13.2 Å². The zero-order chi connectivity index (χ0) is 51.0. The molecule has 3 nitrogen and oxygen atoms in total. The van der Waals surface area contributed by atoms with Crippen molar-refractivity contribution in [2.24, 2.45) is 0 Å². The van der Waals surface area contributed by atoms with E-state index >= 15 is 0 Å². The highest BCUT2D eigenvalue weighted by Gasteiger charge is 2.38. The molecule has 0 saturated heterocycles. The van der Waals surface area contributed by atoms with Crippen LogP contribution in [0.25, 0.3) is 33.4 Å². The molecule has 0 aromatic heterocycles. The highest BCUT2D eigenvalue weighted by molar-refractivity contribution is 5.90. The predicted molar refractivity (Wildman–Crippen MR) is 300 cm³/mol. The van der Waals surface area contributed by atoms with Gasteiger partial charge in [-0.15, -0.1) is 0 Å². The molecule has 6 heteroatoms. The molecule has 0 heterocycles. The summed E-state index contributed by atoms with van der Waals surface area (Å²) in [6, 6.07) is 72.1. The Morgan fingerprint density at radius 2 is 0.486 bits per heavy atom. The van der Waals surface area contributed by atoms with Crippen molar-refractivity contribution in [1.82, 2.24) is 0 Å². The van der Waals surface area contributed by atoms with E-state index in [1.165, 1.54) is 86.5 Å². The molecule has 0 aliphatic heterocycles. The fourth-order valence-electron chi connectivity index (χ4n) is 11.4. The van der Waals surface area contributed by atoms with E-state index < -0.39 is 0 Å². The lowest BCUT2D eigenvalue weighted by Gasteiger charge is -2.29. The summed E-state index contributed by atoms with van der Waals surface area (Å²) in [7, 11) is 0. The molecule has 0 bridgehead atoms. The maximum atomic E-state index is 14.5. The van der Waals surface area contributed by atoms with Crippen LogP contribution in [0.15, 0.2) is 218 Å². The van der Waals surface area contributed by atoms with E-state index in [4.69, 9.17) is 0 Å². The number of halogens is 3. The summed E-state index contributed by atoms with van der Waals surface area (Å²) in [5.74, 6) is -0.856. The van der Waals surface area contributed by atoms with Crippen LogP contribution in [0.1, 0.15) is 61.1 Å². The van der Waals surface area contributed by atoms with Crippen molar-refractivity contribution >= 4 is 51.2 Å². The van der Waals surface area contributed by atoms with Crippen molar-refractivity contribution in [3.05, 3.63) is 269 Å². The zero-order valence-electron chi connectivity index (χ0n) is 42.3. The third kappa shape index (κ3) is 8.02. The van der Waals surface area contributed by atoms with Gasteiger partial charge >= 0.3 is 0 Å². The molecule has 0 fully saturated rings. The molecule has 2 aliphatic rings. The standard InChI is InChI=1S/C68H54F3N3/c1-43-7-20-50(21-8-43)72(53-26-14-47(69)15-27-53)56-33-37-61-62-38-34-58(42-66(62)68(5,6)65(61)41-56)74(55-30-18-49(71)19-31-55)52-24-12-46(13-25-52)45-10-22-51(23-11-45)73(54-28-16-48(70)17-29-54)57-32-36-60-59-35-9-44(2)39-63(59)67(3,4)64(60)40-57/h7-42H,1-6H3. The number of hydrogen-bond acceptors (Lipinski definition) is 3. The van der Waals surface area contributed by atoms with E-state index in [1.807, 2.05) is 36.4 Å². The quantitative estimate of drug-likeness (QED) is 0.135. The highest BCUT2D eigenvalue weighted by Crippen LogP contribution is 2.54.